The molecule has 0 saturated carbocycles. The van der Waals surface area contributed by atoms with Gasteiger partial charge in [-0.2, -0.15) is 0 Å². The number of cyclic esters (lactones) is 1. The molecular formula is C41H63NO4. The second kappa shape index (κ2) is 23.5. The van der Waals surface area contributed by atoms with Crippen molar-refractivity contribution in [2.75, 3.05) is 13.2 Å². The van der Waals surface area contributed by atoms with Crippen LogP contribution in [0.5, 0.6) is 5.75 Å². The molecule has 1 heterocycles. The van der Waals surface area contributed by atoms with Gasteiger partial charge in [-0.3, -0.25) is 9.69 Å². The van der Waals surface area contributed by atoms with E-state index in [1.807, 2.05) is 30.3 Å². The van der Waals surface area contributed by atoms with Crippen LogP contribution in [0.4, 0.5) is 0 Å². The predicted octanol–water partition coefficient (Wildman–Crippen LogP) is 12.0. The number of carbonyl (C=O) groups excluding carboxylic acids is 2. The van der Waals surface area contributed by atoms with Crippen LogP contribution >= 0.6 is 0 Å². The number of ether oxygens (including phenoxy) is 2. The van der Waals surface area contributed by atoms with Crippen molar-refractivity contribution in [3.05, 3.63) is 65.2 Å². The summed E-state index contributed by atoms with van der Waals surface area (Å²) in [5, 5.41) is 0. The lowest BCUT2D eigenvalue weighted by atomic mass is 10.0. The molecule has 5 nitrogen and oxygen atoms in total. The number of fused-ring (bicyclic) bond motifs is 1. The van der Waals surface area contributed by atoms with Gasteiger partial charge in [0.15, 0.2) is 0 Å². The van der Waals surface area contributed by atoms with E-state index in [0.717, 1.165) is 30.6 Å². The maximum absolute atomic E-state index is 13.7. The number of nitrogens with zero attached hydrogens (tertiary/aromatic N) is 1. The van der Waals surface area contributed by atoms with Crippen molar-refractivity contribution in [2.45, 2.75) is 161 Å². The summed E-state index contributed by atoms with van der Waals surface area (Å²) in [5.41, 5.74) is 1.55. The topological polar surface area (TPSA) is 55.8 Å². The smallest absolute Gasteiger partial charge is 0.341 e. The Morgan fingerprint density at radius 1 is 0.565 bits per heavy atom. The molecule has 1 amide bonds. The van der Waals surface area contributed by atoms with Gasteiger partial charge in [-0.05, 0) is 49.2 Å². The van der Waals surface area contributed by atoms with E-state index >= 15 is 0 Å². The first-order chi connectivity index (χ1) is 22.7. The summed E-state index contributed by atoms with van der Waals surface area (Å²) >= 11 is 0. The maximum atomic E-state index is 13.7. The van der Waals surface area contributed by atoms with Gasteiger partial charge in [0, 0.05) is 12.1 Å². The minimum Gasteiger partial charge on any atom is -0.494 e. The van der Waals surface area contributed by atoms with Gasteiger partial charge in [-0.15, -0.1) is 0 Å². The van der Waals surface area contributed by atoms with E-state index in [0.29, 0.717) is 24.3 Å². The first-order valence-electron chi connectivity index (χ1n) is 19.0. The molecule has 2 aromatic rings. The van der Waals surface area contributed by atoms with Crippen LogP contribution < -0.4 is 4.74 Å². The average Bonchev–Trinajstić information content (AvgIpc) is 3.18. The van der Waals surface area contributed by atoms with E-state index in [2.05, 4.69) is 13.8 Å². The van der Waals surface area contributed by atoms with Gasteiger partial charge in [0.25, 0.3) is 5.91 Å². The third kappa shape index (κ3) is 13.9. The van der Waals surface area contributed by atoms with E-state index in [1.54, 1.807) is 23.1 Å². The zero-order valence-electron chi connectivity index (χ0n) is 29.2. The molecule has 0 aliphatic carbocycles. The zero-order valence-corrected chi connectivity index (χ0v) is 29.2. The molecule has 1 unspecified atom stereocenters. The van der Waals surface area contributed by atoms with Gasteiger partial charge in [-0.25, -0.2) is 4.79 Å². The molecule has 46 heavy (non-hydrogen) atoms. The Balaban J connectivity index is 1.43. The van der Waals surface area contributed by atoms with Crippen LogP contribution in [-0.2, 0) is 4.74 Å². The second-order valence-electron chi connectivity index (χ2n) is 13.3. The fraction of sp³-hybridized carbons (Fsp3) is 0.659. The number of carbonyl (C=O) groups is 2. The molecule has 1 aliphatic rings. The number of benzene rings is 2. The molecule has 0 saturated heterocycles. The lowest BCUT2D eigenvalue weighted by Crippen LogP contribution is -2.36. The number of hydrogen-bond acceptors (Lipinski definition) is 4. The van der Waals surface area contributed by atoms with Crippen LogP contribution in [0.25, 0.3) is 0 Å². The molecule has 256 valence electrons. The summed E-state index contributed by atoms with van der Waals surface area (Å²) < 4.78 is 12.0. The highest BCUT2D eigenvalue weighted by molar-refractivity contribution is 6.06. The molecule has 2 aromatic carbocycles. The van der Waals surface area contributed by atoms with E-state index in [9.17, 15) is 9.59 Å². The van der Waals surface area contributed by atoms with Crippen LogP contribution in [0.1, 0.15) is 188 Å². The summed E-state index contributed by atoms with van der Waals surface area (Å²) in [5.74, 6) is 0.212. The summed E-state index contributed by atoms with van der Waals surface area (Å²) in [4.78, 5) is 28.6. The lowest BCUT2D eigenvalue weighted by Gasteiger charge is -2.29. The normalized spacial score (nSPS) is 14.7. The molecule has 0 spiro atoms. The Hall–Kier alpha value is -2.82. The minimum atomic E-state index is -0.753. The zero-order chi connectivity index (χ0) is 32.7. The van der Waals surface area contributed by atoms with E-state index < -0.39 is 12.2 Å². The molecule has 1 aliphatic heterocycles. The first-order valence-corrected chi connectivity index (χ1v) is 19.0. The van der Waals surface area contributed by atoms with Crippen LogP contribution in [0, 0.1) is 0 Å². The number of rotatable bonds is 26. The number of amides is 1. The summed E-state index contributed by atoms with van der Waals surface area (Å²) in [7, 11) is 0. The van der Waals surface area contributed by atoms with Crippen molar-refractivity contribution in [2.24, 2.45) is 0 Å². The fourth-order valence-electron chi connectivity index (χ4n) is 6.44. The molecule has 3 rings (SSSR count). The maximum Gasteiger partial charge on any atom is 0.341 e. The predicted molar refractivity (Wildman–Crippen MR) is 190 cm³/mol. The number of esters is 1. The van der Waals surface area contributed by atoms with E-state index in [-0.39, 0.29) is 5.91 Å². The molecule has 0 N–H and O–H groups in total. The van der Waals surface area contributed by atoms with Crippen molar-refractivity contribution < 1.29 is 19.1 Å². The van der Waals surface area contributed by atoms with Gasteiger partial charge in [0.1, 0.15) is 5.75 Å². The average molecular weight is 634 g/mol. The Labute approximate surface area is 280 Å². The summed E-state index contributed by atoms with van der Waals surface area (Å²) in [6.07, 6.45) is 27.4. The second-order valence-corrected chi connectivity index (χ2v) is 13.3. The van der Waals surface area contributed by atoms with Crippen molar-refractivity contribution in [1.82, 2.24) is 4.90 Å². The Morgan fingerprint density at radius 2 is 1.02 bits per heavy atom. The van der Waals surface area contributed by atoms with Crippen molar-refractivity contribution >= 4 is 11.9 Å². The van der Waals surface area contributed by atoms with Crippen LogP contribution in [0.15, 0.2) is 48.5 Å². The highest BCUT2D eigenvalue weighted by Gasteiger charge is 2.35. The van der Waals surface area contributed by atoms with Crippen molar-refractivity contribution in [1.29, 1.82) is 0 Å². The third-order valence-electron chi connectivity index (χ3n) is 9.32. The molecule has 5 heteroatoms. The highest BCUT2D eigenvalue weighted by Crippen LogP contribution is 2.32. The molecular weight excluding hydrogens is 570 g/mol. The number of hydrogen-bond donors (Lipinski definition) is 0. The van der Waals surface area contributed by atoms with Crippen molar-refractivity contribution in [3.63, 3.8) is 0 Å². The highest BCUT2D eigenvalue weighted by atomic mass is 16.6. The molecule has 0 bridgehead atoms. The fourth-order valence-corrected chi connectivity index (χ4v) is 6.44. The lowest BCUT2D eigenvalue weighted by molar-refractivity contribution is -0.0224. The Kier molecular flexibility index (Phi) is 19.2. The first kappa shape index (κ1) is 37.6. The quantitative estimate of drug-likeness (QED) is 0.0764. The van der Waals surface area contributed by atoms with Gasteiger partial charge < -0.3 is 9.47 Å². The van der Waals surface area contributed by atoms with E-state index in [4.69, 9.17) is 9.47 Å². The minimum absolute atomic E-state index is 0.144. The SMILES string of the molecule is CCCCCCCCCCCCCCOc1ccc(C2OC(=O)c3ccccc3C(=O)N2CCCCCCCCCCCC)cc1. The Morgan fingerprint density at radius 3 is 1.54 bits per heavy atom. The van der Waals surface area contributed by atoms with Gasteiger partial charge >= 0.3 is 5.97 Å². The van der Waals surface area contributed by atoms with Gasteiger partial charge in [-0.1, -0.05) is 154 Å². The number of unbranched alkanes of at least 4 members (excludes halogenated alkanes) is 20. The summed E-state index contributed by atoms with van der Waals surface area (Å²) in [6.45, 7) is 5.78. The van der Waals surface area contributed by atoms with Gasteiger partial charge in [0.2, 0.25) is 6.23 Å². The molecule has 0 fully saturated rings. The van der Waals surface area contributed by atoms with E-state index in [1.165, 1.54) is 122 Å². The van der Waals surface area contributed by atoms with Crippen LogP contribution in [0.3, 0.4) is 0 Å². The standard InChI is InChI=1S/C41H63NO4/c1-3-5-7-9-11-13-15-16-18-20-22-26-34-45-36-31-29-35(30-32-36)40-42(33-25-21-19-17-14-12-10-8-6-4-2)39(43)37-27-23-24-28-38(37)41(44)46-40/h23-24,27-32,40H,3-22,25-26,33-34H2,1-2H3. The third-order valence-corrected chi connectivity index (χ3v) is 9.32. The Bertz CT molecular complexity index is 1100. The largest absolute Gasteiger partial charge is 0.494 e. The summed E-state index contributed by atoms with van der Waals surface area (Å²) in [6, 6.07) is 14.8. The monoisotopic (exact) mass is 633 g/mol. The van der Waals surface area contributed by atoms with Crippen molar-refractivity contribution in [3.8, 4) is 5.75 Å². The van der Waals surface area contributed by atoms with Crippen LogP contribution in [0.2, 0.25) is 0 Å². The molecule has 0 radical (unpaired) electrons. The van der Waals surface area contributed by atoms with Crippen LogP contribution in [-0.4, -0.2) is 29.9 Å². The molecule has 1 atom stereocenters. The van der Waals surface area contributed by atoms with Gasteiger partial charge in [0.05, 0.1) is 17.7 Å². The molecule has 0 aromatic heterocycles.